The molecule has 9 nitrogen and oxygen atoms in total. The zero-order valence-corrected chi connectivity index (χ0v) is 19.9. The van der Waals surface area contributed by atoms with Crippen LogP contribution in [0.5, 0.6) is 11.6 Å². The molecule has 0 saturated carbocycles. The number of ether oxygens (including phenoxy) is 2. The van der Waals surface area contributed by atoms with Crippen molar-refractivity contribution in [3.63, 3.8) is 0 Å². The first-order chi connectivity index (χ1) is 16.4. The van der Waals surface area contributed by atoms with Crippen LogP contribution >= 0.6 is 0 Å². The van der Waals surface area contributed by atoms with Crippen molar-refractivity contribution >= 4 is 5.97 Å². The highest BCUT2D eigenvalue weighted by Gasteiger charge is 2.34. The quantitative estimate of drug-likeness (QED) is 0.419. The van der Waals surface area contributed by atoms with Gasteiger partial charge in [-0.15, -0.1) is 5.10 Å². The van der Waals surface area contributed by atoms with Gasteiger partial charge in [-0.1, -0.05) is 25.5 Å². The Hall–Kier alpha value is -3.31. The average molecular weight is 502 g/mol. The van der Waals surface area contributed by atoms with Gasteiger partial charge >= 0.3 is 23.4 Å². The summed E-state index contributed by atoms with van der Waals surface area (Å²) in [5.41, 5.74) is -2.08. The Labute approximate surface area is 200 Å². The van der Waals surface area contributed by atoms with Crippen molar-refractivity contribution in [3.05, 3.63) is 50.7 Å². The van der Waals surface area contributed by atoms with Gasteiger partial charge in [-0.3, -0.25) is 9.36 Å². The second kappa shape index (κ2) is 11.9. The summed E-state index contributed by atoms with van der Waals surface area (Å²) in [6.07, 6.45) is -3.83. The van der Waals surface area contributed by atoms with E-state index >= 15 is 0 Å². The van der Waals surface area contributed by atoms with E-state index in [1.54, 1.807) is 18.2 Å². The molecular weight excluding hydrogens is 471 g/mol. The normalized spacial score (nSPS) is 13.3. The molecular formula is C23H30F3N3O6. The standard InChI is InChI=1S/C23H30F3N3O6/c1-4-11-22(2,20(31)32)35-17-10-5-8-16(15-17)9-6-14-34-18-19(30)28(3)21(33)29(27-18)13-7-12-23(24,25)26/h5,8,10,15H,4,6-7,9,11-14H2,1-3H3,(H,31,32). The van der Waals surface area contributed by atoms with E-state index in [1.807, 2.05) is 13.0 Å². The lowest BCUT2D eigenvalue weighted by Gasteiger charge is -2.26. The fourth-order valence-electron chi connectivity index (χ4n) is 3.41. The number of nitrogens with zero attached hydrogens (tertiary/aromatic N) is 3. The first-order valence-corrected chi connectivity index (χ1v) is 11.3. The maximum absolute atomic E-state index is 12.4. The molecule has 12 heteroatoms. The lowest BCUT2D eigenvalue weighted by atomic mass is 10.0. The van der Waals surface area contributed by atoms with Crippen LogP contribution in [0.1, 0.15) is 51.5 Å². The zero-order chi connectivity index (χ0) is 26.2. The second-order valence-corrected chi connectivity index (χ2v) is 8.38. The van der Waals surface area contributed by atoms with Crippen LogP contribution in [-0.2, 0) is 24.8 Å². The molecule has 1 unspecified atom stereocenters. The number of carbonyl (C=O) groups is 1. The molecule has 2 aromatic rings. The molecule has 0 aliphatic rings. The molecule has 0 fully saturated rings. The van der Waals surface area contributed by atoms with Gasteiger partial charge in [-0.2, -0.15) is 13.2 Å². The van der Waals surface area contributed by atoms with E-state index in [0.717, 1.165) is 14.8 Å². The third kappa shape index (κ3) is 8.15. The van der Waals surface area contributed by atoms with Crippen molar-refractivity contribution in [1.82, 2.24) is 14.3 Å². The zero-order valence-electron chi connectivity index (χ0n) is 19.9. The number of halogens is 3. The minimum atomic E-state index is -4.35. The van der Waals surface area contributed by atoms with E-state index in [4.69, 9.17) is 9.47 Å². The van der Waals surface area contributed by atoms with Gasteiger partial charge in [0, 0.05) is 20.0 Å². The largest absolute Gasteiger partial charge is 0.478 e. The summed E-state index contributed by atoms with van der Waals surface area (Å²) >= 11 is 0. The molecule has 0 bridgehead atoms. The Balaban J connectivity index is 1.99. The molecule has 1 aromatic heterocycles. The molecule has 0 aliphatic carbocycles. The number of benzene rings is 1. The van der Waals surface area contributed by atoms with E-state index in [1.165, 1.54) is 14.0 Å². The molecule has 0 saturated heterocycles. The first-order valence-electron chi connectivity index (χ1n) is 11.3. The van der Waals surface area contributed by atoms with Crippen LogP contribution in [0.4, 0.5) is 13.2 Å². The van der Waals surface area contributed by atoms with Crippen molar-refractivity contribution in [1.29, 1.82) is 0 Å². The van der Waals surface area contributed by atoms with Gasteiger partial charge in [0.1, 0.15) is 5.75 Å². The molecule has 1 atom stereocenters. The van der Waals surface area contributed by atoms with E-state index in [-0.39, 0.29) is 25.5 Å². The molecule has 1 N–H and O–H groups in total. The average Bonchev–Trinajstić information content (AvgIpc) is 2.77. The van der Waals surface area contributed by atoms with Crippen molar-refractivity contribution < 1.29 is 32.5 Å². The first kappa shape index (κ1) is 27.9. The minimum absolute atomic E-state index is 0.0662. The van der Waals surface area contributed by atoms with Gasteiger partial charge < -0.3 is 14.6 Å². The number of aliphatic carboxylic acids is 1. The van der Waals surface area contributed by atoms with Crippen molar-refractivity contribution in [2.45, 2.75) is 70.7 Å². The van der Waals surface area contributed by atoms with E-state index in [2.05, 4.69) is 5.10 Å². The van der Waals surface area contributed by atoms with Crippen LogP contribution < -0.4 is 20.7 Å². The number of rotatable bonds is 13. The molecule has 0 amide bonds. The van der Waals surface area contributed by atoms with Crippen molar-refractivity contribution in [2.75, 3.05) is 6.61 Å². The number of aryl methyl sites for hydroxylation is 2. The summed E-state index contributed by atoms with van der Waals surface area (Å²) in [5, 5.41) is 13.3. The number of carboxylic acid groups (broad SMARTS) is 1. The molecule has 1 aromatic carbocycles. The fourth-order valence-corrected chi connectivity index (χ4v) is 3.41. The maximum atomic E-state index is 12.4. The number of carboxylic acids is 1. The predicted octanol–water partition coefficient (Wildman–Crippen LogP) is 3.32. The Morgan fingerprint density at radius 1 is 1.17 bits per heavy atom. The van der Waals surface area contributed by atoms with Crippen molar-refractivity contribution in [2.24, 2.45) is 7.05 Å². The van der Waals surface area contributed by atoms with Gasteiger partial charge in [0.2, 0.25) is 5.60 Å². The maximum Gasteiger partial charge on any atom is 0.389 e. The summed E-state index contributed by atoms with van der Waals surface area (Å²) in [6.45, 7) is 3.16. The van der Waals surface area contributed by atoms with Crippen LogP contribution in [0, 0.1) is 0 Å². The Morgan fingerprint density at radius 2 is 1.89 bits per heavy atom. The highest BCUT2D eigenvalue weighted by Crippen LogP contribution is 2.24. The van der Waals surface area contributed by atoms with Crippen LogP contribution in [0.25, 0.3) is 0 Å². The topological polar surface area (TPSA) is 113 Å². The SMILES string of the molecule is CCCC(C)(Oc1cccc(CCCOc2nn(CCCC(F)(F)F)c(=O)n(C)c2=O)c1)C(=O)O. The number of alkyl halides is 3. The van der Waals surface area contributed by atoms with Gasteiger partial charge in [0.15, 0.2) is 0 Å². The lowest BCUT2D eigenvalue weighted by molar-refractivity contribution is -0.154. The molecule has 194 valence electrons. The Morgan fingerprint density at radius 3 is 2.51 bits per heavy atom. The summed E-state index contributed by atoms with van der Waals surface area (Å²) in [5.74, 6) is -0.997. The molecule has 0 aliphatic heterocycles. The molecule has 1 heterocycles. The van der Waals surface area contributed by atoms with E-state index in [0.29, 0.717) is 31.4 Å². The Kier molecular flexibility index (Phi) is 9.49. The smallest absolute Gasteiger partial charge is 0.389 e. The monoisotopic (exact) mass is 501 g/mol. The Bertz CT molecular complexity index is 1130. The molecule has 35 heavy (non-hydrogen) atoms. The van der Waals surface area contributed by atoms with E-state index in [9.17, 15) is 32.7 Å². The highest BCUT2D eigenvalue weighted by atomic mass is 19.4. The highest BCUT2D eigenvalue weighted by molar-refractivity contribution is 5.77. The fraction of sp³-hybridized carbons (Fsp3) is 0.565. The van der Waals surface area contributed by atoms with Gasteiger partial charge in [0.25, 0.3) is 5.88 Å². The van der Waals surface area contributed by atoms with Gasteiger partial charge in [-0.05, 0) is 50.3 Å². The molecule has 2 rings (SSSR count). The molecule has 0 radical (unpaired) electrons. The van der Waals surface area contributed by atoms with Crippen LogP contribution in [-0.4, -0.2) is 43.8 Å². The summed E-state index contributed by atoms with van der Waals surface area (Å²) in [7, 11) is 1.20. The van der Waals surface area contributed by atoms with Crippen LogP contribution in [0.15, 0.2) is 33.9 Å². The van der Waals surface area contributed by atoms with E-state index < -0.39 is 35.4 Å². The summed E-state index contributed by atoms with van der Waals surface area (Å²) in [4.78, 5) is 35.9. The summed E-state index contributed by atoms with van der Waals surface area (Å²) < 4.78 is 49.8. The van der Waals surface area contributed by atoms with Crippen LogP contribution in [0.3, 0.4) is 0 Å². The number of aromatic nitrogens is 3. The number of hydrogen-bond donors (Lipinski definition) is 1. The predicted molar refractivity (Wildman–Crippen MR) is 121 cm³/mol. The minimum Gasteiger partial charge on any atom is -0.478 e. The van der Waals surface area contributed by atoms with Gasteiger partial charge in [-0.25, -0.2) is 14.3 Å². The number of hydrogen-bond acceptors (Lipinski definition) is 6. The third-order valence-corrected chi connectivity index (χ3v) is 5.31. The second-order valence-electron chi connectivity index (χ2n) is 8.38. The van der Waals surface area contributed by atoms with Crippen molar-refractivity contribution in [3.8, 4) is 11.6 Å². The molecule has 0 spiro atoms. The van der Waals surface area contributed by atoms with Crippen LogP contribution in [0.2, 0.25) is 0 Å². The summed E-state index contributed by atoms with van der Waals surface area (Å²) in [6, 6.07) is 6.98. The third-order valence-electron chi connectivity index (χ3n) is 5.31. The lowest BCUT2D eigenvalue weighted by Crippen LogP contribution is -2.41. The van der Waals surface area contributed by atoms with Gasteiger partial charge in [0.05, 0.1) is 6.61 Å².